The minimum Gasteiger partial charge on any atom is -0.365 e. The van der Waals surface area contributed by atoms with Gasteiger partial charge in [0.15, 0.2) is 5.13 Å². The monoisotopic (exact) mass is 317 g/mol. The molecular weight excluding hydrogens is 298 g/mol. The number of aromatic nitrogens is 3. The molecule has 2 aliphatic rings. The largest absolute Gasteiger partial charge is 0.365 e. The smallest absolute Gasteiger partial charge is 0.182 e. The highest BCUT2D eigenvalue weighted by Crippen LogP contribution is 2.41. The Hall–Kier alpha value is -1.57. The molecule has 1 atom stereocenters. The molecule has 1 N–H and O–H groups in total. The predicted molar refractivity (Wildman–Crippen MR) is 84.7 cm³/mol. The van der Waals surface area contributed by atoms with Crippen molar-refractivity contribution in [3.63, 3.8) is 0 Å². The van der Waals surface area contributed by atoms with Gasteiger partial charge in [0.05, 0.1) is 12.3 Å². The molecule has 1 fully saturated rings. The minimum absolute atomic E-state index is 0.243. The molecule has 0 aliphatic carbocycles. The number of anilines is 1. The van der Waals surface area contributed by atoms with Gasteiger partial charge in [-0.15, -0.1) is 11.3 Å². The molecule has 0 aromatic carbocycles. The Morgan fingerprint density at radius 2 is 2.36 bits per heavy atom. The second kappa shape index (κ2) is 5.57. The maximum atomic E-state index is 6.18. The lowest BCUT2D eigenvalue weighted by molar-refractivity contribution is -0.0890. The highest BCUT2D eigenvalue weighted by Gasteiger charge is 2.44. The van der Waals surface area contributed by atoms with Gasteiger partial charge in [0, 0.05) is 43.0 Å². The Morgan fingerprint density at radius 1 is 1.41 bits per heavy atom. The van der Waals surface area contributed by atoms with Gasteiger partial charge in [-0.3, -0.25) is 4.90 Å². The summed E-state index contributed by atoms with van der Waals surface area (Å²) in [4.78, 5) is 16.7. The summed E-state index contributed by atoms with van der Waals surface area (Å²) >= 11 is 1.71. The van der Waals surface area contributed by atoms with Gasteiger partial charge in [0.1, 0.15) is 11.9 Å². The lowest BCUT2D eigenvalue weighted by atomic mass is 9.89. The van der Waals surface area contributed by atoms with Crippen molar-refractivity contribution in [3.8, 4) is 0 Å². The minimum atomic E-state index is -0.243. The van der Waals surface area contributed by atoms with E-state index in [1.807, 2.05) is 19.4 Å². The number of hydrogen-bond donors (Lipinski definition) is 1. The van der Waals surface area contributed by atoms with Crippen molar-refractivity contribution in [2.45, 2.75) is 31.6 Å². The third kappa shape index (κ3) is 2.39. The summed E-state index contributed by atoms with van der Waals surface area (Å²) in [5, 5.41) is 4.06. The van der Waals surface area contributed by atoms with Gasteiger partial charge in [-0.1, -0.05) is 0 Å². The molecule has 22 heavy (non-hydrogen) atoms. The van der Waals surface area contributed by atoms with Crippen LogP contribution in [0.4, 0.5) is 5.13 Å². The van der Waals surface area contributed by atoms with Crippen LogP contribution in [0.15, 0.2) is 18.7 Å². The van der Waals surface area contributed by atoms with E-state index in [1.54, 1.807) is 17.7 Å². The Morgan fingerprint density at radius 3 is 3.23 bits per heavy atom. The van der Waals surface area contributed by atoms with Gasteiger partial charge < -0.3 is 10.1 Å². The highest BCUT2D eigenvalue weighted by atomic mass is 32.1. The van der Waals surface area contributed by atoms with Crippen LogP contribution in [0.1, 0.15) is 29.0 Å². The molecule has 7 heteroatoms. The lowest BCUT2D eigenvalue weighted by Crippen LogP contribution is -2.45. The van der Waals surface area contributed by atoms with E-state index in [9.17, 15) is 0 Å². The first-order valence-electron chi connectivity index (χ1n) is 7.57. The quantitative estimate of drug-likeness (QED) is 0.934. The van der Waals surface area contributed by atoms with E-state index in [4.69, 9.17) is 4.74 Å². The normalized spacial score (nSPS) is 24.6. The SMILES string of the molecule is CNc1ncc(CN2CCCC3(C2)OCc2cncnc23)s1. The molecule has 0 radical (unpaired) electrons. The molecule has 1 spiro atoms. The zero-order valence-corrected chi connectivity index (χ0v) is 13.4. The molecule has 2 aromatic rings. The number of nitrogens with zero attached hydrogens (tertiary/aromatic N) is 4. The van der Waals surface area contributed by atoms with Crippen molar-refractivity contribution < 1.29 is 4.74 Å². The van der Waals surface area contributed by atoms with Crippen LogP contribution in [0, 0.1) is 0 Å². The van der Waals surface area contributed by atoms with Crippen molar-refractivity contribution in [1.82, 2.24) is 19.9 Å². The van der Waals surface area contributed by atoms with Crippen LogP contribution in [0.2, 0.25) is 0 Å². The molecule has 0 saturated carbocycles. The number of piperidine rings is 1. The van der Waals surface area contributed by atoms with Crippen LogP contribution >= 0.6 is 11.3 Å². The van der Waals surface area contributed by atoms with Crippen molar-refractivity contribution in [3.05, 3.63) is 34.9 Å². The number of fused-ring (bicyclic) bond motifs is 2. The van der Waals surface area contributed by atoms with Gasteiger partial charge in [-0.25, -0.2) is 15.0 Å². The third-order valence-electron chi connectivity index (χ3n) is 4.40. The molecule has 0 bridgehead atoms. The number of hydrogen-bond acceptors (Lipinski definition) is 7. The molecular formula is C15H19N5OS. The molecule has 6 nitrogen and oxygen atoms in total. The maximum absolute atomic E-state index is 6.18. The van der Waals surface area contributed by atoms with Crippen LogP contribution in [0.5, 0.6) is 0 Å². The summed E-state index contributed by atoms with van der Waals surface area (Å²) < 4.78 is 6.18. The molecule has 2 aliphatic heterocycles. The number of thiazole rings is 1. The first kappa shape index (κ1) is 14.0. The fourth-order valence-electron chi connectivity index (χ4n) is 3.43. The first-order valence-corrected chi connectivity index (χ1v) is 8.39. The van der Waals surface area contributed by atoms with E-state index in [0.29, 0.717) is 6.61 Å². The van der Waals surface area contributed by atoms with Crippen LogP contribution in [0.25, 0.3) is 0 Å². The van der Waals surface area contributed by atoms with Crippen molar-refractivity contribution in [2.75, 3.05) is 25.5 Å². The van der Waals surface area contributed by atoms with E-state index in [1.165, 1.54) is 4.88 Å². The van der Waals surface area contributed by atoms with Gasteiger partial charge in [-0.2, -0.15) is 0 Å². The van der Waals surface area contributed by atoms with Gasteiger partial charge >= 0.3 is 0 Å². The second-order valence-electron chi connectivity index (χ2n) is 5.88. The maximum Gasteiger partial charge on any atom is 0.182 e. The first-order chi connectivity index (χ1) is 10.8. The average molecular weight is 317 g/mol. The molecule has 2 aromatic heterocycles. The molecule has 4 heterocycles. The summed E-state index contributed by atoms with van der Waals surface area (Å²) in [6.07, 6.45) is 7.65. The summed E-state index contributed by atoms with van der Waals surface area (Å²) in [5.74, 6) is 0. The molecule has 1 unspecified atom stereocenters. The average Bonchev–Trinajstić information content (AvgIpc) is 3.14. The Balaban J connectivity index is 1.53. The zero-order chi connectivity index (χ0) is 15.0. The number of ether oxygens (including phenoxy) is 1. The van der Waals surface area contributed by atoms with Crippen LogP contribution in [-0.4, -0.2) is 40.0 Å². The fraction of sp³-hybridized carbons (Fsp3) is 0.533. The van der Waals surface area contributed by atoms with Crippen molar-refractivity contribution in [1.29, 1.82) is 0 Å². The summed E-state index contributed by atoms with van der Waals surface area (Å²) in [6.45, 7) is 3.54. The topological polar surface area (TPSA) is 63.2 Å². The van der Waals surface area contributed by atoms with E-state index in [-0.39, 0.29) is 5.60 Å². The Bertz CT molecular complexity index is 671. The number of nitrogens with one attached hydrogen (secondary N) is 1. The van der Waals surface area contributed by atoms with Gasteiger partial charge in [-0.05, 0) is 19.4 Å². The van der Waals surface area contributed by atoms with Crippen molar-refractivity contribution in [2.24, 2.45) is 0 Å². The van der Waals surface area contributed by atoms with Gasteiger partial charge in [0.25, 0.3) is 0 Å². The fourth-order valence-corrected chi connectivity index (χ4v) is 4.24. The standard InChI is InChI=1S/C15H19N5OS/c1-16-14-18-6-12(22-14)7-20-4-2-3-15(9-20)13-11(8-21-15)5-17-10-19-13/h5-6,10H,2-4,7-9H2,1H3,(H,16,18). The Labute approximate surface area is 133 Å². The van der Waals surface area contributed by atoms with E-state index in [2.05, 4.69) is 25.2 Å². The van der Waals surface area contributed by atoms with Crippen molar-refractivity contribution >= 4 is 16.5 Å². The lowest BCUT2D eigenvalue weighted by Gasteiger charge is -2.39. The predicted octanol–water partition coefficient (Wildman–Crippen LogP) is 2.00. The van der Waals surface area contributed by atoms with Gasteiger partial charge in [0.2, 0.25) is 0 Å². The highest BCUT2D eigenvalue weighted by molar-refractivity contribution is 7.15. The third-order valence-corrected chi connectivity index (χ3v) is 5.40. The Kier molecular flexibility index (Phi) is 3.56. The summed E-state index contributed by atoms with van der Waals surface area (Å²) in [6, 6.07) is 0. The molecule has 4 rings (SSSR count). The second-order valence-corrected chi connectivity index (χ2v) is 6.99. The van der Waals surface area contributed by atoms with E-state index >= 15 is 0 Å². The number of rotatable bonds is 3. The zero-order valence-electron chi connectivity index (χ0n) is 12.6. The van der Waals surface area contributed by atoms with Crippen LogP contribution in [0.3, 0.4) is 0 Å². The molecule has 1 saturated heterocycles. The van der Waals surface area contributed by atoms with Crippen LogP contribution < -0.4 is 5.32 Å². The molecule has 0 amide bonds. The summed E-state index contributed by atoms with van der Waals surface area (Å²) in [5.41, 5.74) is 1.99. The number of likely N-dealkylation sites (tertiary alicyclic amines) is 1. The van der Waals surface area contributed by atoms with E-state index in [0.717, 1.165) is 48.9 Å². The van der Waals surface area contributed by atoms with E-state index < -0.39 is 0 Å². The molecule has 116 valence electrons. The van der Waals surface area contributed by atoms with Crippen LogP contribution in [-0.2, 0) is 23.5 Å². The summed E-state index contributed by atoms with van der Waals surface area (Å²) in [7, 11) is 1.90.